The van der Waals surface area contributed by atoms with Crippen LogP contribution in [-0.4, -0.2) is 29.8 Å². The zero-order valence-corrected chi connectivity index (χ0v) is 12.1. The predicted molar refractivity (Wildman–Crippen MR) is 75.3 cm³/mol. The summed E-state index contributed by atoms with van der Waals surface area (Å²) in [6.07, 6.45) is 0.281. The van der Waals surface area contributed by atoms with E-state index in [1.165, 1.54) is 5.56 Å². The number of aryl methyl sites for hydroxylation is 1. The third-order valence-electron chi connectivity index (χ3n) is 2.86. The molecule has 0 aliphatic heterocycles. The minimum Gasteiger partial charge on any atom is -0.493 e. The van der Waals surface area contributed by atoms with E-state index in [0.29, 0.717) is 6.61 Å². The summed E-state index contributed by atoms with van der Waals surface area (Å²) in [5, 5.41) is 12.2. The minimum atomic E-state index is -0.885. The molecule has 0 spiro atoms. The number of benzene rings is 1. The second-order valence-corrected chi connectivity index (χ2v) is 5.39. The van der Waals surface area contributed by atoms with E-state index in [1.807, 2.05) is 32.0 Å². The van der Waals surface area contributed by atoms with Gasteiger partial charge < -0.3 is 15.2 Å². The Morgan fingerprint density at radius 2 is 2.05 bits per heavy atom. The molecule has 0 aliphatic carbocycles. The van der Waals surface area contributed by atoms with Crippen molar-refractivity contribution in [1.29, 1.82) is 0 Å². The summed E-state index contributed by atoms with van der Waals surface area (Å²) < 4.78 is 5.60. The average Bonchev–Trinajstić information content (AvgIpc) is 2.31. The van der Waals surface area contributed by atoms with Gasteiger partial charge in [-0.1, -0.05) is 12.1 Å². The van der Waals surface area contributed by atoms with Gasteiger partial charge in [0.25, 0.3) is 0 Å². The first-order valence-corrected chi connectivity index (χ1v) is 6.48. The molecule has 0 bridgehead atoms. The number of carbonyl (C=O) groups is 1. The summed E-state index contributed by atoms with van der Waals surface area (Å²) in [5.74, 6) is 0.697. The zero-order chi connectivity index (χ0) is 14.5. The largest absolute Gasteiger partial charge is 0.493 e. The number of hydrogen-bond acceptors (Lipinski definition) is 3. The van der Waals surface area contributed by atoms with Crippen LogP contribution >= 0.6 is 0 Å². The molecule has 1 rings (SSSR count). The van der Waals surface area contributed by atoms with Crippen molar-refractivity contribution in [2.75, 3.05) is 13.2 Å². The van der Waals surface area contributed by atoms with Crippen molar-refractivity contribution >= 4 is 5.91 Å². The third kappa shape index (κ3) is 5.75. The molecule has 1 aromatic rings. The first-order valence-electron chi connectivity index (χ1n) is 6.48. The molecular weight excluding hydrogens is 242 g/mol. The molecule has 106 valence electrons. The topological polar surface area (TPSA) is 58.6 Å². The fourth-order valence-electron chi connectivity index (χ4n) is 1.54. The van der Waals surface area contributed by atoms with E-state index in [0.717, 1.165) is 11.3 Å². The monoisotopic (exact) mass is 265 g/mol. The van der Waals surface area contributed by atoms with Crippen molar-refractivity contribution in [2.24, 2.45) is 0 Å². The third-order valence-corrected chi connectivity index (χ3v) is 2.86. The van der Waals surface area contributed by atoms with Gasteiger partial charge in [-0.05, 0) is 44.9 Å². The van der Waals surface area contributed by atoms with Crippen LogP contribution in [0.1, 0.15) is 31.4 Å². The Hall–Kier alpha value is -1.55. The Labute approximate surface area is 114 Å². The SMILES string of the molecule is Cc1cccc(OCCC(=O)NCC(C)(C)O)c1C. The lowest BCUT2D eigenvalue weighted by Gasteiger charge is -2.17. The van der Waals surface area contributed by atoms with Gasteiger partial charge >= 0.3 is 0 Å². The molecule has 0 heterocycles. The Morgan fingerprint density at radius 3 is 2.68 bits per heavy atom. The number of carbonyl (C=O) groups excluding carboxylic acids is 1. The lowest BCUT2D eigenvalue weighted by atomic mass is 10.1. The smallest absolute Gasteiger partial charge is 0.223 e. The fourth-order valence-corrected chi connectivity index (χ4v) is 1.54. The highest BCUT2D eigenvalue weighted by atomic mass is 16.5. The van der Waals surface area contributed by atoms with Crippen molar-refractivity contribution < 1.29 is 14.6 Å². The quantitative estimate of drug-likeness (QED) is 0.826. The van der Waals surface area contributed by atoms with Crippen LogP contribution in [0.5, 0.6) is 5.75 Å². The maximum Gasteiger partial charge on any atom is 0.223 e. The van der Waals surface area contributed by atoms with Crippen LogP contribution in [0.4, 0.5) is 0 Å². The van der Waals surface area contributed by atoms with E-state index in [1.54, 1.807) is 13.8 Å². The van der Waals surface area contributed by atoms with Crippen molar-refractivity contribution in [3.63, 3.8) is 0 Å². The number of ether oxygens (including phenoxy) is 1. The van der Waals surface area contributed by atoms with Crippen molar-refractivity contribution in [3.8, 4) is 5.75 Å². The van der Waals surface area contributed by atoms with Crippen LogP contribution in [0.15, 0.2) is 18.2 Å². The lowest BCUT2D eigenvalue weighted by Crippen LogP contribution is -2.38. The fraction of sp³-hybridized carbons (Fsp3) is 0.533. The van der Waals surface area contributed by atoms with Crippen molar-refractivity contribution in [3.05, 3.63) is 29.3 Å². The molecule has 0 fully saturated rings. The van der Waals surface area contributed by atoms with Gasteiger partial charge in [-0.2, -0.15) is 0 Å². The van der Waals surface area contributed by atoms with E-state index in [2.05, 4.69) is 5.32 Å². The minimum absolute atomic E-state index is 0.118. The predicted octanol–water partition coefficient (Wildman–Crippen LogP) is 1.96. The molecule has 0 aromatic heterocycles. The number of nitrogens with one attached hydrogen (secondary N) is 1. The Bertz CT molecular complexity index is 436. The van der Waals surface area contributed by atoms with E-state index >= 15 is 0 Å². The highest BCUT2D eigenvalue weighted by Gasteiger charge is 2.13. The molecule has 0 radical (unpaired) electrons. The van der Waals surface area contributed by atoms with Gasteiger partial charge in [-0.15, -0.1) is 0 Å². The number of hydrogen-bond donors (Lipinski definition) is 2. The van der Waals surface area contributed by atoms with Gasteiger partial charge in [-0.25, -0.2) is 0 Å². The van der Waals surface area contributed by atoms with Crippen LogP contribution < -0.4 is 10.1 Å². The molecule has 19 heavy (non-hydrogen) atoms. The maximum atomic E-state index is 11.5. The molecule has 0 unspecified atom stereocenters. The van der Waals surface area contributed by atoms with E-state index < -0.39 is 5.60 Å². The first-order chi connectivity index (χ1) is 8.79. The second kappa shape index (κ2) is 6.57. The summed E-state index contributed by atoms with van der Waals surface area (Å²) in [7, 11) is 0. The zero-order valence-electron chi connectivity index (χ0n) is 12.1. The van der Waals surface area contributed by atoms with Gasteiger partial charge in [0.15, 0.2) is 0 Å². The lowest BCUT2D eigenvalue weighted by molar-refractivity contribution is -0.122. The number of rotatable bonds is 6. The van der Waals surface area contributed by atoms with Gasteiger partial charge in [0.2, 0.25) is 5.91 Å². The van der Waals surface area contributed by atoms with Gasteiger partial charge in [0.05, 0.1) is 18.6 Å². The van der Waals surface area contributed by atoms with Crippen LogP contribution in [0.2, 0.25) is 0 Å². The molecule has 4 nitrogen and oxygen atoms in total. The maximum absolute atomic E-state index is 11.5. The van der Waals surface area contributed by atoms with Crippen LogP contribution in [0.25, 0.3) is 0 Å². The van der Waals surface area contributed by atoms with Crippen LogP contribution in [0.3, 0.4) is 0 Å². The van der Waals surface area contributed by atoms with E-state index in [4.69, 9.17) is 4.74 Å². The number of amides is 1. The summed E-state index contributed by atoms with van der Waals surface area (Å²) in [4.78, 5) is 11.5. The molecule has 0 atom stereocenters. The standard InChI is InChI=1S/C15H23NO3/c1-11-6-5-7-13(12(11)2)19-9-8-14(17)16-10-15(3,4)18/h5-7,18H,8-10H2,1-4H3,(H,16,17). The molecule has 1 amide bonds. The molecule has 4 heteroatoms. The first kappa shape index (κ1) is 15.5. The Kier molecular flexibility index (Phi) is 5.36. The highest BCUT2D eigenvalue weighted by Crippen LogP contribution is 2.20. The Balaban J connectivity index is 2.34. The highest BCUT2D eigenvalue weighted by molar-refractivity contribution is 5.76. The van der Waals surface area contributed by atoms with Crippen molar-refractivity contribution in [2.45, 2.75) is 39.7 Å². The van der Waals surface area contributed by atoms with Gasteiger partial charge in [-0.3, -0.25) is 4.79 Å². The van der Waals surface area contributed by atoms with Gasteiger partial charge in [0, 0.05) is 6.54 Å². The summed E-state index contributed by atoms with van der Waals surface area (Å²) >= 11 is 0. The van der Waals surface area contributed by atoms with Crippen molar-refractivity contribution in [1.82, 2.24) is 5.32 Å². The van der Waals surface area contributed by atoms with Crippen LogP contribution in [-0.2, 0) is 4.79 Å². The summed E-state index contributed by atoms with van der Waals surface area (Å²) in [6.45, 7) is 7.91. The molecule has 1 aromatic carbocycles. The molecule has 0 saturated carbocycles. The molecular formula is C15H23NO3. The van der Waals surface area contributed by atoms with Gasteiger partial charge in [0.1, 0.15) is 5.75 Å². The average molecular weight is 265 g/mol. The molecule has 0 aliphatic rings. The van der Waals surface area contributed by atoms with Crippen LogP contribution in [0, 0.1) is 13.8 Å². The second-order valence-electron chi connectivity index (χ2n) is 5.39. The summed E-state index contributed by atoms with van der Waals surface area (Å²) in [6, 6.07) is 5.86. The van der Waals surface area contributed by atoms with E-state index in [-0.39, 0.29) is 18.9 Å². The normalized spacial score (nSPS) is 11.2. The van der Waals surface area contributed by atoms with E-state index in [9.17, 15) is 9.90 Å². The Morgan fingerprint density at radius 1 is 1.37 bits per heavy atom. The molecule has 2 N–H and O–H groups in total. The molecule has 0 saturated heterocycles. The summed E-state index contributed by atoms with van der Waals surface area (Å²) in [5.41, 5.74) is 1.38. The number of aliphatic hydroxyl groups is 1.